The Morgan fingerprint density at radius 1 is 1.32 bits per heavy atom. The fourth-order valence-corrected chi connectivity index (χ4v) is 4.85. The minimum Gasteiger partial charge on any atom is -0.870 e. The molecule has 0 bridgehead atoms. The van der Waals surface area contributed by atoms with Gasteiger partial charge in [-0.1, -0.05) is 43.8 Å². The topological polar surface area (TPSA) is 107 Å². The molecule has 2 aromatic rings. The summed E-state index contributed by atoms with van der Waals surface area (Å²) in [4.78, 5) is 11.8. The maximum Gasteiger partial charge on any atom is 1.00 e. The Bertz CT molecular complexity index is 1010. The van der Waals surface area contributed by atoms with Gasteiger partial charge in [0.2, 0.25) is 0 Å². The predicted octanol–water partition coefficient (Wildman–Crippen LogP) is 2.08. The van der Waals surface area contributed by atoms with Crippen molar-refractivity contribution in [2.75, 3.05) is 10.9 Å². The average Bonchev–Trinajstić information content (AvgIpc) is 3.16. The van der Waals surface area contributed by atoms with Gasteiger partial charge in [-0.3, -0.25) is 9.80 Å². The predicted molar refractivity (Wildman–Crippen MR) is 123 cm³/mol. The molecule has 0 fully saturated rings. The first-order chi connectivity index (χ1) is 13.9. The number of benzene rings is 2. The second kappa shape index (κ2) is 12.5. The van der Waals surface area contributed by atoms with E-state index in [0.717, 1.165) is 32.3 Å². The molecule has 6 nitrogen and oxygen atoms in total. The summed E-state index contributed by atoms with van der Waals surface area (Å²) in [6, 6.07) is 14.3. The number of rotatable bonds is 7. The standard InChI is InChI=1S/C22H23N3O2S2.Na.H2O/c1-14(2)29-20-8-6-17(11-18(20)12-23)22-24-25(13-28-22)19-7-4-16(10-15(19)3)5-9-21(26)27;;/h4,6-8,10-11,14H,5,9,13H2,1-3H3,(H,26,27);;1H2/q;+1;/p-1. The van der Waals surface area contributed by atoms with Crippen LogP contribution in [0, 0.1) is 18.3 Å². The van der Waals surface area contributed by atoms with E-state index >= 15 is 0 Å². The molecule has 158 valence electrons. The van der Waals surface area contributed by atoms with Crippen LogP contribution in [-0.2, 0) is 11.2 Å². The first-order valence-electron chi connectivity index (χ1n) is 9.39. The zero-order chi connectivity index (χ0) is 21.0. The summed E-state index contributed by atoms with van der Waals surface area (Å²) in [6.45, 7) is 6.25. The average molecular weight is 466 g/mol. The SMILES string of the molecule is Cc1cc(CCC(=O)O)ccc1N1CSC(c2ccc(SC(C)C)c(C#N)c2)=N1.[Na+].[OH-]. The van der Waals surface area contributed by atoms with Crippen LogP contribution in [0.3, 0.4) is 0 Å². The molecule has 9 heteroatoms. The Balaban J connectivity index is 0.00000240. The van der Waals surface area contributed by atoms with E-state index in [9.17, 15) is 10.1 Å². The number of aryl methyl sites for hydroxylation is 2. The van der Waals surface area contributed by atoms with Crippen LogP contribution in [0.1, 0.15) is 42.5 Å². The largest absolute Gasteiger partial charge is 1.00 e. The van der Waals surface area contributed by atoms with Crippen molar-refractivity contribution in [3.8, 4) is 6.07 Å². The van der Waals surface area contributed by atoms with Gasteiger partial charge < -0.3 is 10.6 Å². The maximum atomic E-state index is 10.8. The number of thioether (sulfide) groups is 2. The van der Waals surface area contributed by atoms with Crippen LogP contribution in [0.4, 0.5) is 5.69 Å². The van der Waals surface area contributed by atoms with Crippen molar-refractivity contribution in [1.82, 2.24) is 0 Å². The fourth-order valence-electron chi connectivity index (χ4n) is 3.08. The van der Waals surface area contributed by atoms with Crippen LogP contribution in [0.5, 0.6) is 0 Å². The zero-order valence-electron chi connectivity index (χ0n) is 18.1. The number of carboxylic acid groups (broad SMARTS) is 1. The Morgan fingerprint density at radius 2 is 2.06 bits per heavy atom. The van der Waals surface area contributed by atoms with Crippen molar-refractivity contribution < 1.29 is 44.9 Å². The molecular formula is C22H24N3NaO3S2. The number of nitriles is 1. The summed E-state index contributed by atoms with van der Waals surface area (Å²) >= 11 is 3.34. The molecule has 0 atom stereocenters. The third-order valence-corrected chi connectivity index (χ3v) is 6.46. The van der Waals surface area contributed by atoms with E-state index in [1.54, 1.807) is 23.5 Å². The van der Waals surface area contributed by atoms with E-state index in [0.29, 0.717) is 23.1 Å². The Labute approximate surface area is 213 Å². The van der Waals surface area contributed by atoms with Crippen molar-refractivity contribution in [3.63, 3.8) is 0 Å². The smallest absolute Gasteiger partial charge is 0.870 e. The van der Waals surface area contributed by atoms with Gasteiger partial charge in [-0.2, -0.15) is 10.4 Å². The van der Waals surface area contributed by atoms with Gasteiger partial charge in [-0.15, -0.1) is 11.8 Å². The van der Waals surface area contributed by atoms with E-state index in [-0.39, 0.29) is 41.5 Å². The number of hydrogen-bond acceptors (Lipinski definition) is 7. The minimum atomic E-state index is -0.786. The van der Waals surface area contributed by atoms with Gasteiger partial charge in [0.25, 0.3) is 0 Å². The van der Waals surface area contributed by atoms with Gasteiger partial charge in [0, 0.05) is 22.1 Å². The van der Waals surface area contributed by atoms with Gasteiger partial charge in [0.05, 0.1) is 17.1 Å². The van der Waals surface area contributed by atoms with Crippen LogP contribution >= 0.6 is 23.5 Å². The van der Waals surface area contributed by atoms with Crippen LogP contribution in [0.2, 0.25) is 0 Å². The molecule has 3 rings (SSSR count). The van der Waals surface area contributed by atoms with E-state index in [1.807, 2.05) is 48.3 Å². The molecule has 0 unspecified atom stereocenters. The number of carboxylic acids is 1. The van der Waals surface area contributed by atoms with Crippen LogP contribution in [0.15, 0.2) is 46.4 Å². The van der Waals surface area contributed by atoms with Crippen molar-refractivity contribution in [2.24, 2.45) is 5.10 Å². The van der Waals surface area contributed by atoms with Gasteiger partial charge in [0.15, 0.2) is 0 Å². The molecule has 0 spiro atoms. The van der Waals surface area contributed by atoms with E-state index in [1.165, 1.54) is 0 Å². The molecule has 1 aliphatic heterocycles. The van der Waals surface area contributed by atoms with Crippen molar-refractivity contribution in [3.05, 3.63) is 58.7 Å². The summed E-state index contributed by atoms with van der Waals surface area (Å²) in [5.41, 5.74) is 4.74. The molecule has 0 saturated carbocycles. The van der Waals surface area contributed by atoms with Gasteiger partial charge in [-0.05, 0) is 42.7 Å². The second-order valence-corrected chi connectivity index (χ2v) is 9.63. The monoisotopic (exact) mass is 465 g/mol. The van der Waals surface area contributed by atoms with Crippen molar-refractivity contribution >= 4 is 40.2 Å². The maximum absolute atomic E-state index is 10.8. The number of carbonyl (C=O) groups is 1. The minimum absolute atomic E-state index is 0. The summed E-state index contributed by atoms with van der Waals surface area (Å²) in [7, 11) is 0. The van der Waals surface area contributed by atoms with Crippen LogP contribution in [0.25, 0.3) is 0 Å². The number of aliphatic carboxylic acids is 1. The third-order valence-electron chi connectivity index (χ3n) is 4.41. The van der Waals surface area contributed by atoms with Crippen LogP contribution < -0.4 is 34.6 Å². The number of hydrazone groups is 1. The quantitative estimate of drug-likeness (QED) is 0.493. The Morgan fingerprint density at radius 3 is 2.68 bits per heavy atom. The second-order valence-electron chi connectivity index (χ2n) is 7.08. The van der Waals surface area contributed by atoms with Crippen molar-refractivity contribution in [1.29, 1.82) is 5.26 Å². The van der Waals surface area contributed by atoms with Crippen molar-refractivity contribution in [2.45, 2.75) is 43.8 Å². The van der Waals surface area contributed by atoms with Crippen LogP contribution in [-0.4, -0.2) is 32.7 Å². The molecule has 2 N–H and O–H groups in total. The molecule has 1 aliphatic rings. The molecule has 0 saturated heterocycles. The fraction of sp³-hybridized carbons (Fsp3) is 0.318. The van der Waals surface area contributed by atoms with Gasteiger partial charge >= 0.3 is 35.5 Å². The molecular weight excluding hydrogens is 441 g/mol. The first kappa shape index (κ1) is 27.6. The summed E-state index contributed by atoms with van der Waals surface area (Å²) in [5, 5.41) is 26.4. The van der Waals surface area contributed by atoms with E-state index in [2.05, 4.69) is 19.9 Å². The van der Waals surface area contributed by atoms with E-state index < -0.39 is 5.97 Å². The molecule has 0 aromatic heterocycles. The zero-order valence-corrected chi connectivity index (χ0v) is 21.8. The summed E-state index contributed by atoms with van der Waals surface area (Å²) in [6.07, 6.45) is 0.657. The Hall–Kier alpha value is -1.47. The number of nitrogens with zero attached hydrogens (tertiary/aromatic N) is 3. The van der Waals surface area contributed by atoms with Gasteiger partial charge in [-0.25, -0.2) is 0 Å². The molecule has 0 radical (unpaired) electrons. The van der Waals surface area contributed by atoms with Gasteiger partial charge in [0.1, 0.15) is 11.1 Å². The summed E-state index contributed by atoms with van der Waals surface area (Å²) in [5.74, 6) is -0.0823. The third kappa shape index (κ3) is 7.28. The van der Waals surface area contributed by atoms with E-state index in [4.69, 9.17) is 10.2 Å². The summed E-state index contributed by atoms with van der Waals surface area (Å²) < 4.78 is 0. The molecule has 0 amide bonds. The molecule has 0 aliphatic carbocycles. The molecule has 1 heterocycles. The Kier molecular flexibility index (Phi) is 11.1. The molecule has 31 heavy (non-hydrogen) atoms. The first-order valence-corrected chi connectivity index (χ1v) is 11.3. The number of hydrogen-bond donors (Lipinski definition) is 1. The number of anilines is 1. The molecule has 2 aromatic carbocycles. The normalized spacial score (nSPS) is 12.6.